The number of aliphatic hydroxyl groups is 1. The smallest absolute Gasteiger partial charge is 0.169 e. The Hall–Kier alpha value is -1.68. The summed E-state index contributed by atoms with van der Waals surface area (Å²) in [6.07, 6.45) is -0.773. The maximum atomic E-state index is 13.4. The Kier molecular flexibility index (Phi) is 2.75. The van der Waals surface area contributed by atoms with Gasteiger partial charge in [0.25, 0.3) is 0 Å². The van der Waals surface area contributed by atoms with Gasteiger partial charge in [-0.25, -0.2) is 8.78 Å². The minimum Gasteiger partial charge on any atom is -0.458 e. The summed E-state index contributed by atoms with van der Waals surface area (Å²) in [6, 6.07) is 6.89. The van der Waals surface area contributed by atoms with Crippen molar-refractivity contribution >= 4 is 0 Å². The van der Waals surface area contributed by atoms with Crippen molar-refractivity contribution in [1.29, 1.82) is 0 Å². The second-order valence-electron chi connectivity index (χ2n) is 3.48. The molecule has 1 N–H and O–H groups in total. The van der Waals surface area contributed by atoms with Crippen LogP contribution in [0, 0.1) is 11.6 Å². The molecule has 1 aromatic heterocycles. The van der Waals surface area contributed by atoms with Crippen LogP contribution in [-0.2, 0) is 0 Å². The molecule has 0 aliphatic carbocycles. The highest BCUT2D eigenvalue weighted by Gasteiger charge is 2.14. The summed E-state index contributed by atoms with van der Waals surface area (Å²) in [5.74, 6) is -1.35. The summed E-state index contributed by atoms with van der Waals surface area (Å²) >= 11 is 0. The van der Waals surface area contributed by atoms with E-state index in [0.717, 1.165) is 6.07 Å². The van der Waals surface area contributed by atoms with Gasteiger partial charge in [0.15, 0.2) is 11.6 Å². The van der Waals surface area contributed by atoms with E-state index in [0.29, 0.717) is 5.76 Å². The molecule has 0 radical (unpaired) electrons. The van der Waals surface area contributed by atoms with Gasteiger partial charge in [-0.05, 0) is 31.2 Å². The van der Waals surface area contributed by atoms with Crippen LogP contribution < -0.4 is 0 Å². The quantitative estimate of drug-likeness (QED) is 0.849. The number of halogens is 2. The van der Waals surface area contributed by atoms with E-state index in [-0.39, 0.29) is 11.3 Å². The molecule has 1 unspecified atom stereocenters. The average Bonchev–Trinajstić information content (AvgIpc) is 2.71. The Bertz CT molecular complexity index is 503. The normalized spacial score (nSPS) is 12.8. The van der Waals surface area contributed by atoms with Gasteiger partial charge in [-0.2, -0.15) is 0 Å². The van der Waals surface area contributed by atoms with Gasteiger partial charge in [0.05, 0.1) is 5.56 Å². The standard InChI is InChI=1S/C12H10F2O2/c1-7(15)10-5-6-11(16-10)8-3-2-4-9(13)12(8)14/h2-7,15H,1H3. The third-order valence-electron chi connectivity index (χ3n) is 2.26. The molecule has 0 saturated heterocycles. The van der Waals surface area contributed by atoms with Crippen molar-refractivity contribution in [1.82, 2.24) is 0 Å². The van der Waals surface area contributed by atoms with Crippen molar-refractivity contribution in [3.63, 3.8) is 0 Å². The van der Waals surface area contributed by atoms with E-state index < -0.39 is 17.7 Å². The zero-order chi connectivity index (χ0) is 11.7. The molecule has 0 amide bonds. The topological polar surface area (TPSA) is 33.4 Å². The Morgan fingerprint density at radius 2 is 1.94 bits per heavy atom. The number of benzene rings is 1. The Morgan fingerprint density at radius 1 is 1.19 bits per heavy atom. The highest BCUT2D eigenvalue weighted by Crippen LogP contribution is 2.28. The van der Waals surface area contributed by atoms with E-state index in [2.05, 4.69) is 0 Å². The predicted molar refractivity (Wildman–Crippen MR) is 54.7 cm³/mol. The largest absolute Gasteiger partial charge is 0.458 e. The van der Waals surface area contributed by atoms with Crippen LogP contribution in [0.1, 0.15) is 18.8 Å². The summed E-state index contributed by atoms with van der Waals surface area (Å²) in [5.41, 5.74) is 0.0481. The van der Waals surface area contributed by atoms with Crippen LogP contribution in [0.25, 0.3) is 11.3 Å². The summed E-state index contributed by atoms with van der Waals surface area (Å²) < 4.78 is 31.6. The molecule has 0 fully saturated rings. The van der Waals surface area contributed by atoms with Crippen molar-refractivity contribution in [2.75, 3.05) is 0 Å². The van der Waals surface area contributed by atoms with Gasteiger partial charge in [0.1, 0.15) is 17.6 Å². The first kappa shape index (κ1) is 10.8. The van der Waals surface area contributed by atoms with Gasteiger partial charge < -0.3 is 9.52 Å². The Morgan fingerprint density at radius 3 is 2.56 bits per heavy atom. The second-order valence-corrected chi connectivity index (χ2v) is 3.48. The van der Waals surface area contributed by atoms with Crippen LogP contribution in [0.15, 0.2) is 34.7 Å². The predicted octanol–water partition coefficient (Wildman–Crippen LogP) is 3.28. The molecular formula is C12H10F2O2. The number of hydrogen-bond donors (Lipinski definition) is 1. The van der Waals surface area contributed by atoms with Crippen LogP contribution in [0.4, 0.5) is 8.78 Å². The lowest BCUT2D eigenvalue weighted by Gasteiger charge is -2.01. The van der Waals surface area contributed by atoms with Gasteiger partial charge in [0, 0.05) is 0 Å². The maximum absolute atomic E-state index is 13.4. The highest BCUT2D eigenvalue weighted by atomic mass is 19.2. The van der Waals surface area contributed by atoms with Crippen LogP contribution >= 0.6 is 0 Å². The molecule has 0 spiro atoms. The molecule has 16 heavy (non-hydrogen) atoms. The van der Waals surface area contributed by atoms with Crippen LogP contribution in [-0.4, -0.2) is 5.11 Å². The SMILES string of the molecule is CC(O)c1ccc(-c2cccc(F)c2F)o1. The first-order chi connectivity index (χ1) is 7.59. The lowest BCUT2D eigenvalue weighted by Crippen LogP contribution is -1.88. The van der Waals surface area contributed by atoms with Crippen molar-refractivity contribution in [3.05, 3.63) is 47.7 Å². The molecule has 1 aromatic carbocycles. The third kappa shape index (κ3) is 1.84. The second kappa shape index (κ2) is 4.06. The fourth-order valence-corrected chi connectivity index (χ4v) is 1.42. The molecule has 0 aliphatic heterocycles. The molecule has 0 bridgehead atoms. The van der Waals surface area contributed by atoms with Crippen molar-refractivity contribution in [2.24, 2.45) is 0 Å². The summed E-state index contributed by atoms with van der Waals surface area (Å²) in [6.45, 7) is 1.53. The lowest BCUT2D eigenvalue weighted by molar-refractivity contribution is 0.170. The van der Waals surface area contributed by atoms with Crippen LogP contribution in [0.3, 0.4) is 0 Å². The molecule has 1 heterocycles. The first-order valence-electron chi connectivity index (χ1n) is 4.82. The van der Waals surface area contributed by atoms with Crippen LogP contribution in [0.5, 0.6) is 0 Å². The van der Waals surface area contributed by atoms with Crippen molar-refractivity contribution in [3.8, 4) is 11.3 Å². The first-order valence-corrected chi connectivity index (χ1v) is 4.82. The van der Waals surface area contributed by atoms with Gasteiger partial charge in [0.2, 0.25) is 0 Å². The number of rotatable bonds is 2. The minimum absolute atomic E-state index is 0.0481. The Labute approximate surface area is 91.1 Å². The fourth-order valence-electron chi connectivity index (χ4n) is 1.42. The molecule has 0 saturated carbocycles. The molecule has 84 valence electrons. The molecule has 2 aromatic rings. The van der Waals surface area contributed by atoms with E-state index >= 15 is 0 Å². The molecule has 0 aliphatic rings. The molecule has 4 heteroatoms. The average molecular weight is 224 g/mol. The van der Waals surface area contributed by atoms with E-state index in [4.69, 9.17) is 4.42 Å². The van der Waals surface area contributed by atoms with Gasteiger partial charge in [-0.1, -0.05) is 6.07 Å². The van der Waals surface area contributed by atoms with Gasteiger partial charge in [-0.3, -0.25) is 0 Å². The third-order valence-corrected chi connectivity index (χ3v) is 2.26. The zero-order valence-electron chi connectivity index (χ0n) is 8.58. The van der Waals surface area contributed by atoms with Gasteiger partial charge in [-0.15, -0.1) is 0 Å². The number of furan rings is 1. The number of hydrogen-bond acceptors (Lipinski definition) is 2. The summed E-state index contributed by atoms with van der Waals surface area (Å²) in [5, 5.41) is 9.25. The van der Waals surface area contributed by atoms with Gasteiger partial charge >= 0.3 is 0 Å². The monoisotopic (exact) mass is 224 g/mol. The van der Waals surface area contributed by atoms with E-state index in [9.17, 15) is 13.9 Å². The highest BCUT2D eigenvalue weighted by molar-refractivity contribution is 5.58. The van der Waals surface area contributed by atoms with E-state index in [1.54, 1.807) is 0 Å². The van der Waals surface area contributed by atoms with Crippen molar-refractivity contribution in [2.45, 2.75) is 13.0 Å². The molecule has 1 atom stereocenters. The lowest BCUT2D eigenvalue weighted by atomic mass is 10.1. The fraction of sp³-hybridized carbons (Fsp3) is 0.167. The molecular weight excluding hydrogens is 214 g/mol. The Balaban J connectivity index is 2.47. The van der Waals surface area contributed by atoms with E-state index in [1.165, 1.54) is 31.2 Å². The minimum atomic E-state index is -0.950. The molecule has 2 rings (SSSR count). The number of aliphatic hydroxyl groups excluding tert-OH is 1. The molecule has 2 nitrogen and oxygen atoms in total. The summed E-state index contributed by atoms with van der Waals surface area (Å²) in [4.78, 5) is 0. The van der Waals surface area contributed by atoms with Crippen LogP contribution in [0.2, 0.25) is 0 Å². The van der Waals surface area contributed by atoms with Crippen molar-refractivity contribution < 1.29 is 18.3 Å². The van der Waals surface area contributed by atoms with E-state index in [1.807, 2.05) is 0 Å². The maximum Gasteiger partial charge on any atom is 0.169 e. The zero-order valence-corrected chi connectivity index (χ0v) is 8.58. The summed E-state index contributed by atoms with van der Waals surface area (Å²) in [7, 11) is 0.